The van der Waals surface area contributed by atoms with Crippen LogP contribution in [0.1, 0.15) is 21.7 Å². The molecule has 1 aliphatic rings. The van der Waals surface area contributed by atoms with Crippen LogP contribution in [0.15, 0.2) is 52.1 Å². The maximum atomic E-state index is 12.0. The molecule has 8 nitrogen and oxygen atoms in total. The number of morpholine rings is 1. The number of guanidine groups is 1. The summed E-state index contributed by atoms with van der Waals surface area (Å²) in [6.07, 6.45) is 2.48. The Morgan fingerprint density at radius 2 is 1.84 bits per heavy atom. The van der Waals surface area contributed by atoms with Gasteiger partial charge >= 0.3 is 0 Å². The molecule has 1 amide bonds. The minimum atomic E-state index is 0.000104. The van der Waals surface area contributed by atoms with Gasteiger partial charge in [0.1, 0.15) is 5.76 Å². The topological polar surface area (TPSA) is 82.3 Å². The summed E-state index contributed by atoms with van der Waals surface area (Å²) in [5, 5.41) is 6.81. The second-order valence-electron chi connectivity index (χ2n) is 7.70. The number of carbonyl (C=O) groups excluding carboxylic acids is 1. The average molecular weight is 428 g/mol. The molecule has 0 bridgehead atoms. The van der Waals surface area contributed by atoms with Gasteiger partial charge in [0.05, 0.1) is 26.0 Å². The number of benzene rings is 1. The van der Waals surface area contributed by atoms with Gasteiger partial charge in [-0.1, -0.05) is 12.1 Å². The van der Waals surface area contributed by atoms with Crippen LogP contribution in [0.25, 0.3) is 0 Å². The van der Waals surface area contributed by atoms with Crippen LogP contribution >= 0.6 is 0 Å². The van der Waals surface area contributed by atoms with Crippen molar-refractivity contribution < 1.29 is 13.9 Å². The standard InChI is InChI=1S/C23H33N5O3/c1-27(2)22(29)20-7-5-19(6-8-20)18-26-23(24-10-9-21-4-3-15-31-21)25-11-12-28-13-16-30-17-14-28/h3-8,15H,9-14,16-18H2,1-2H3,(H2,24,25,26). The Bertz CT molecular complexity index is 812. The quantitative estimate of drug-likeness (QED) is 0.467. The van der Waals surface area contributed by atoms with Crippen molar-refractivity contribution in [1.29, 1.82) is 0 Å². The van der Waals surface area contributed by atoms with Crippen LogP contribution < -0.4 is 10.6 Å². The fraction of sp³-hybridized carbons (Fsp3) is 0.478. The van der Waals surface area contributed by atoms with Crippen molar-refractivity contribution in [2.75, 3.05) is 60.0 Å². The van der Waals surface area contributed by atoms with Gasteiger partial charge in [0.2, 0.25) is 0 Å². The summed E-state index contributed by atoms with van der Waals surface area (Å²) in [6, 6.07) is 11.5. The van der Waals surface area contributed by atoms with Gasteiger partial charge in [-0.15, -0.1) is 0 Å². The monoisotopic (exact) mass is 427 g/mol. The third-order valence-corrected chi connectivity index (χ3v) is 5.09. The van der Waals surface area contributed by atoms with E-state index in [4.69, 9.17) is 14.1 Å². The third-order valence-electron chi connectivity index (χ3n) is 5.09. The largest absolute Gasteiger partial charge is 0.469 e. The van der Waals surface area contributed by atoms with Crippen LogP contribution in [0.5, 0.6) is 0 Å². The second-order valence-corrected chi connectivity index (χ2v) is 7.70. The van der Waals surface area contributed by atoms with Gasteiger partial charge in [0.15, 0.2) is 5.96 Å². The number of hydrogen-bond donors (Lipinski definition) is 2. The predicted molar refractivity (Wildman–Crippen MR) is 121 cm³/mol. The van der Waals surface area contributed by atoms with Gasteiger partial charge in [-0.25, -0.2) is 4.99 Å². The van der Waals surface area contributed by atoms with Gasteiger partial charge in [0.25, 0.3) is 5.91 Å². The molecule has 168 valence electrons. The maximum Gasteiger partial charge on any atom is 0.253 e. The van der Waals surface area contributed by atoms with Crippen molar-refractivity contribution in [3.05, 3.63) is 59.5 Å². The molecule has 0 spiro atoms. The van der Waals surface area contributed by atoms with Gasteiger partial charge in [-0.05, 0) is 29.8 Å². The molecule has 31 heavy (non-hydrogen) atoms. The molecule has 2 heterocycles. The highest BCUT2D eigenvalue weighted by atomic mass is 16.5. The number of furan rings is 1. The Balaban J connectivity index is 1.54. The first-order valence-electron chi connectivity index (χ1n) is 10.8. The van der Waals surface area contributed by atoms with E-state index in [-0.39, 0.29) is 5.91 Å². The molecule has 2 N–H and O–H groups in total. The lowest BCUT2D eigenvalue weighted by molar-refractivity contribution is 0.0389. The molecular formula is C23H33N5O3. The van der Waals surface area contributed by atoms with Crippen molar-refractivity contribution in [2.24, 2.45) is 4.99 Å². The molecular weight excluding hydrogens is 394 g/mol. The SMILES string of the molecule is CN(C)C(=O)c1ccc(CN=C(NCCc2ccco2)NCCN2CCOCC2)cc1. The fourth-order valence-electron chi connectivity index (χ4n) is 3.27. The molecule has 3 rings (SSSR count). The molecule has 8 heteroatoms. The molecule has 0 radical (unpaired) electrons. The zero-order valence-electron chi connectivity index (χ0n) is 18.5. The molecule has 2 aromatic rings. The average Bonchev–Trinajstić information content (AvgIpc) is 3.31. The lowest BCUT2D eigenvalue weighted by atomic mass is 10.1. The van der Waals surface area contributed by atoms with Gasteiger partial charge < -0.3 is 24.7 Å². The van der Waals surface area contributed by atoms with E-state index < -0.39 is 0 Å². The smallest absolute Gasteiger partial charge is 0.253 e. The van der Waals surface area contributed by atoms with Crippen molar-refractivity contribution in [3.63, 3.8) is 0 Å². The number of rotatable bonds is 9. The van der Waals surface area contributed by atoms with Gasteiger partial charge in [0, 0.05) is 58.8 Å². The van der Waals surface area contributed by atoms with E-state index in [0.29, 0.717) is 12.1 Å². The first-order valence-corrected chi connectivity index (χ1v) is 10.8. The summed E-state index contributed by atoms with van der Waals surface area (Å²) in [7, 11) is 3.51. The number of carbonyl (C=O) groups is 1. The lowest BCUT2D eigenvalue weighted by Gasteiger charge is -2.26. The summed E-state index contributed by atoms with van der Waals surface area (Å²) in [5.41, 5.74) is 1.73. The minimum absolute atomic E-state index is 0.000104. The van der Waals surface area contributed by atoms with Gasteiger partial charge in [-0.3, -0.25) is 9.69 Å². The van der Waals surface area contributed by atoms with Crippen molar-refractivity contribution >= 4 is 11.9 Å². The Hall–Kier alpha value is -2.84. The molecule has 1 fully saturated rings. The lowest BCUT2D eigenvalue weighted by Crippen LogP contribution is -2.44. The number of nitrogens with zero attached hydrogens (tertiary/aromatic N) is 3. The molecule has 1 aliphatic heterocycles. The number of aliphatic imine (C=N–C) groups is 1. The summed E-state index contributed by atoms with van der Waals surface area (Å²) in [4.78, 5) is 20.7. The number of amides is 1. The summed E-state index contributed by atoms with van der Waals surface area (Å²) in [5.74, 6) is 1.72. The number of ether oxygens (including phenoxy) is 1. The molecule has 0 saturated carbocycles. The van der Waals surface area contributed by atoms with Crippen LogP contribution in [-0.4, -0.2) is 81.7 Å². The molecule has 0 atom stereocenters. The highest BCUT2D eigenvalue weighted by molar-refractivity contribution is 5.93. The molecule has 0 unspecified atom stereocenters. The number of hydrogen-bond acceptors (Lipinski definition) is 5. The van der Waals surface area contributed by atoms with Crippen LogP contribution in [0, 0.1) is 0 Å². The Morgan fingerprint density at radius 1 is 1.10 bits per heavy atom. The predicted octanol–water partition coefficient (Wildman–Crippen LogP) is 1.59. The van der Waals surface area contributed by atoms with Crippen molar-refractivity contribution in [3.8, 4) is 0 Å². The van der Waals surface area contributed by atoms with Crippen molar-refractivity contribution in [2.45, 2.75) is 13.0 Å². The van der Waals surface area contributed by atoms with E-state index in [2.05, 4.69) is 15.5 Å². The summed E-state index contributed by atoms with van der Waals surface area (Å²) < 4.78 is 10.8. The van der Waals surface area contributed by atoms with Crippen LogP contribution in [0.4, 0.5) is 0 Å². The van der Waals surface area contributed by atoms with Gasteiger partial charge in [-0.2, -0.15) is 0 Å². The molecule has 1 aromatic carbocycles. The number of nitrogens with one attached hydrogen (secondary N) is 2. The van der Waals surface area contributed by atoms with E-state index in [1.54, 1.807) is 25.3 Å². The Morgan fingerprint density at radius 3 is 2.52 bits per heavy atom. The summed E-state index contributed by atoms with van der Waals surface area (Å²) >= 11 is 0. The molecule has 0 aliphatic carbocycles. The maximum absolute atomic E-state index is 12.0. The first-order chi connectivity index (χ1) is 15.1. The van der Waals surface area contributed by atoms with E-state index in [9.17, 15) is 4.79 Å². The zero-order chi connectivity index (χ0) is 21.9. The van der Waals surface area contributed by atoms with Crippen LogP contribution in [-0.2, 0) is 17.7 Å². The normalized spacial score (nSPS) is 15.0. The second kappa shape index (κ2) is 12.1. The summed E-state index contributed by atoms with van der Waals surface area (Å²) in [6.45, 7) is 6.56. The Labute approximate surface area is 184 Å². The first kappa shape index (κ1) is 22.8. The van der Waals surface area contributed by atoms with E-state index in [1.165, 1.54) is 0 Å². The Kier molecular flexibility index (Phi) is 8.93. The van der Waals surface area contributed by atoms with Crippen LogP contribution in [0.2, 0.25) is 0 Å². The van der Waals surface area contributed by atoms with E-state index in [0.717, 1.165) is 69.6 Å². The fourth-order valence-corrected chi connectivity index (χ4v) is 3.27. The van der Waals surface area contributed by atoms with E-state index >= 15 is 0 Å². The molecule has 1 aromatic heterocycles. The van der Waals surface area contributed by atoms with E-state index in [1.807, 2.05) is 36.4 Å². The third kappa shape index (κ3) is 7.73. The highest BCUT2D eigenvalue weighted by Gasteiger charge is 2.10. The minimum Gasteiger partial charge on any atom is -0.469 e. The van der Waals surface area contributed by atoms with Crippen molar-refractivity contribution in [1.82, 2.24) is 20.4 Å². The molecule has 1 saturated heterocycles. The van der Waals surface area contributed by atoms with Crippen LogP contribution in [0.3, 0.4) is 0 Å². The zero-order valence-corrected chi connectivity index (χ0v) is 18.5. The highest BCUT2D eigenvalue weighted by Crippen LogP contribution is 2.07.